The molecular weight excluding hydrogens is 369 g/mol. The molecule has 0 saturated heterocycles. The van der Waals surface area contributed by atoms with Crippen molar-refractivity contribution >= 4 is 21.6 Å². The molecular formula is C17H17F3N2O3S. The zero-order chi connectivity index (χ0) is 19.5. The van der Waals surface area contributed by atoms with Crippen molar-refractivity contribution in [2.24, 2.45) is 0 Å². The smallest absolute Gasteiger partial charge is 0.325 e. The highest BCUT2D eigenvalue weighted by molar-refractivity contribution is 7.89. The number of carbonyl (C=O) groups excluding carboxylic acids is 1. The summed E-state index contributed by atoms with van der Waals surface area (Å²) in [5, 5.41) is 2.37. The van der Waals surface area contributed by atoms with Gasteiger partial charge >= 0.3 is 6.18 Å². The van der Waals surface area contributed by atoms with Gasteiger partial charge in [-0.15, -0.1) is 0 Å². The number of benzene rings is 2. The van der Waals surface area contributed by atoms with Gasteiger partial charge in [-0.05, 0) is 50.2 Å². The van der Waals surface area contributed by atoms with Crippen LogP contribution in [0.25, 0.3) is 0 Å². The first kappa shape index (κ1) is 19.9. The summed E-state index contributed by atoms with van der Waals surface area (Å²) >= 11 is 0. The average molecular weight is 386 g/mol. The monoisotopic (exact) mass is 386 g/mol. The van der Waals surface area contributed by atoms with Crippen molar-refractivity contribution in [3.8, 4) is 0 Å². The number of hydrogen-bond donors (Lipinski definition) is 2. The third-order valence-corrected chi connectivity index (χ3v) is 5.09. The Kier molecular flexibility index (Phi) is 5.72. The highest BCUT2D eigenvalue weighted by atomic mass is 32.2. The lowest BCUT2D eigenvalue weighted by atomic mass is 10.2. The first-order chi connectivity index (χ1) is 12.0. The summed E-state index contributed by atoms with van der Waals surface area (Å²) in [6.07, 6.45) is -4.47. The van der Waals surface area contributed by atoms with Crippen LogP contribution in [0, 0.1) is 6.92 Å². The van der Waals surface area contributed by atoms with Gasteiger partial charge in [-0.1, -0.05) is 17.7 Å². The number of alkyl halides is 3. The molecule has 0 heterocycles. The number of rotatable bonds is 5. The Morgan fingerprint density at radius 1 is 1.00 bits per heavy atom. The van der Waals surface area contributed by atoms with Crippen molar-refractivity contribution in [2.45, 2.75) is 31.0 Å². The van der Waals surface area contributed by atoms with E-state index in [-0.39, 0.29) is 10.6 Å². The van der Waals surface area contributed by atoms with E-state index in [2.05, 4.69) is 10.0 Å². The van der Waals surface area contributed by atoms with Gasteiger partial charge in [-0.3, -0.25) is 4.79 Å². The van der Waals surface area contributed by atoms with Gasteiger partial charge in [0.1, 0.15) is 0 Å². The number of sulfonamides is 1. The predicted octanol–water partition coefficient (Wildman–Crippen LogP) is 3.32. The van der Waals surface area contributed by atoms with E-state index in [1.807, 2.05) is 6.92 Å². The minimum absolute atomic E-state index is 0.0114. The third-order valence-electron chi connectivity index (χ3n) is 3.54. The Morgan fingerprint density at radius 3 is 2.04 bits per heavy atom. The Hall–Kier alpha value is -2.39. The molecule has 2 aromatic rings. The largest absolute Gasteiger partial charge is 0.416 e. The molecule has 26 heavy (non-hydrogen) atoms. The van der Waals surface area contributed by atoms with E-state index in [4.69, 9.17) is 0 Å². The van der Waals surface area contributed by atoms with Crippen LogP contribution < -0.4 is 10.0 Å². The molecule has 0 aliphatic heterocycles. The van der Waals surface area contributed by atoms with Crippen LogP contribution in [0.2, 0.25) is 0 Å². The van der Waals surface area contributed by atoms with E-state index < -0.39 is 33.7 Å². The predicted molar refractivity (Wildman–Crippen MR) is 91.0 cm³/mol. The fourth-order valence-electron chi connectivity index (χ4n) is 2.06. The third kappa shape index (κ3) is 5.06. The van der Waals surface area contributed by atoms with E-state index in [1.165, 1.54) is 19.1 Å². The van der Waals surface area contributed by atoms with Crippen LogP contribution in [0.5, 0.6) is 0 Å². The minimum atomic E-state index is -4.47. The van der Waals surface area contributed by atoms with E-state index in [0.717, 1.165) is 29.8 Å². The quantitative estimate of drug-likeness (QED) is 0.828. The molecule has 0 radical (unpaired) electrons. The number of aryl methyl sites for hydroxylation is 1. The lowest BCUT2D eigenvalue weighted by molar-refractivity contribution is -0.137. The first-order valence-electron chi connectivity index (χ1n) is 7.56. The molecule has 2 N–H and O–H groups in total. The molecule has 0 aliphatic rings. The van der Waals surface area contributed by atoms with Gasteiger partial charge in [-0.2, -0.15) is 17.9 Å². The lowest BCUT2D eigenvalue weighted by Gasteiger charge is -2.15. The Morgan fingerprint density at radius 2 is 1.54 bits per heavy atom. The van der Waals surface area contributed by atoms with E-state index in [9.17, 15) is 26.4 Å². The second-order valence-corrected chi connectivity index (χ2v) is 7.43. The molecule has 0 fully saturated rings. The summed E-state index contributed by atoms with van der Waals surface area (Å²) in [6.45, 7) is 3.15. The molecule has 1 atom stereocenters. The number of hydrogen-bond acceptors (Lipinski definition) is 3. The van der Waals surface area contributed by atoms with E-state index in [0.29, 0.717) is 0 Å². The molecule has 5 nitrogen and oxygen atoms in total. The number of nitrogens with one attached hydrogen (secondary N) is 2. The fourth-order valence-corrected chi connectivity index (χ4v) is 3.27. The highest BCUT2D eigenvalue weighted by Gasteiger charge is 2.30. The van der Waals surface area contributed by atoms with Crippen LogP contribution in [0.3, 0.4) is 0 Å². The average Bonchev–Trinajstić information content (AvgIpc) is 2.54. The summed E-state index contributed by atoms with van der Waals surface area (Å²) in [5.74, 6) is -0.694. The van der Waals surface area contributed by atoms with Crippen LogP contribution in [0.4, 0.5) is 18.9 Å². The fraction of sp³-hybridized carbons (Fsp3) is 0.235. The molecule has 2 rings (SSSR count). The second-order valence-electron chi connectivity index (χ2n) is 5.72. The summed E-state index contributed by atoms with van der Waals surface area (Å²) in [6, 6.07) is 8.82. The molecule has 1 unspecified atom stereocenters. The molecule has 0 aromatic heterocycles. The van der Waals surface area contributed by atoms with Gasteiger partial charge in [-0.25, -0.2) is 8.42 Å². The highest BCUT2D eigenvalue weighted by Crippen LogP contribution is 2.29. The van der Waals surface area contributed by atoms with Gasteiger partial charge in [0, 0.05) is 5.69 Å². The first-order valence-corrected chi connectivity index (χ1v) is 9.04. The second kappa shape index (κ2) is 7.46. The van der Waals surface area contributed by atoms with E-state index in [1.54, 1.807) is 12.1 Å². The van der Waals surface area contributed by atoms with Crippen molar-refractivity contribution in [1.29, 1.82) is 0 Å². The Balaban J connectivity index is 2.04. The molecule has 0 saturated carbocycles. The summed E-state index contributed by atoms with van der Waals surface area (Å²) in [4.78, 5) is 12.1. The summed E-state index contributed by atoms with van der Waals surface area (Å²) < 4.78 is 64.3. The maximum Gasteiger partial charge on any atom is 0.416 e. The van der Waals surface area contributed by atoms with Gasteiger partial charge < -0.3 is 5.32 Å². The van der Waals surface area contributed by atoms with Crippen LogP contribution in [-0.4, -0.2) is 20.4 Å². The summed E-state index contributed by atoms with van der Waals surface area (Å²) in [7, 11) is -3.90. The molecule has 0 aliphatic carbocycles. The van der Waals surface area contributed by atoms with Crippen LogP contribution >= 0.6 is 0 Å². The molecule has 1 amide bonds. The van der Waals surface area contributed by atoms with Gasteiger partial charge in [0.15, 0.2) is 0 Å². The normalized spacial score (nSPS) is 13.3. The number of halogens is 3. The lowest BCUT2D eigenvalue weighted by Crippen LogP contribution is -2.41. The molecule has 2 aromatic carbocycles. The standard InChI is InChI=1S/C17H17F3N2O3S/c1-11-3-9-15(10-4-11)26(24,25)22-12(2)16(23)21-14-7-5-13(6-8-14)17(18,19)20/h3-10,12,22H,1-2H3,(H,21,23). The SMILES string of the molecule is Cc1ccc(S(=O)(=O)NC(C)C(=O)Nc2ccc(C(F)(F)F)cc2)cc1. The summed E-state index contributed by atoms with van der Waals surface area (Å²) in [5.41, 5.74) is 0.171. The zero-order valence-corrected chi connectivity index (χ0v) is 14.8. The number of anilines is 1. The topological polar surface area (TPSA) is 75.3 Å². The minimum Gasteiger partial charge on any atom is -0.325 e. The van der Waals surface area contributed by atoms with Crippen molar-refractivity contribution in [3.63, 3.8) is 0 Å². The van der Waals surface area contributed by atoms with E-state index >= 15 is 0 Å². The zero-order valence-electron chi connectivity index (χ0n) is 14.0. The maximum atomic E-state index is 12.5. The van der Waals surface area contributed by atoms with Crippen molar-refractivity contribution in [3.05, 3.63) is 59.7 Å². The van der Waals surface area contributed by atoms with Gasteiger partial charge in [0.2, 0.25) is 15.9 Å². The van der Waals surface area contributed by atoms with Gasteiger partial charge in [0.25, 0.3) is 0 Å². The Labute approximate surface area is 149 Å². The molecule has 0 spiro atoms. The van der Waals surface area contributed by atoms with Crippen molar-refractivity contribution < 1.29 is 26.4 Å². The van der Waals surface area contributed by atoms with Gasteiger partial charge in [0.05, 0.1) is 16.5 Å². The van der Waals surface area contributed by atoms with Crippen molar-refractivity contribution in [1.82, 2.24) is 4.72 Å². The molecule has 140 valence electrons. The van der Waals surface area contributed by atoms with Crippen LogP contribution in [0.1, 0.15) is 18.1 Å². The number of carbonyl (C=O) groups is 1. The molecule has 0 bridgehead atoms. The maximum absolute atomic E-state index is 12.5. The Bertz CT molecular complexity index is 877. The van der Waals surface area contributed by atoms with Crippen LogP contribution in [-0.2, 0) is 21.0 Å². The number of amides is 1. The van der Waals surface area contributed by atoms with Crippen molar-refractivity contribution in [2.75, 3.05) is 5.32 Å². The van der Waals surface area contributed by atoms with Crippen LogP contribution in [0.15, 0.2) is 53.4 Å². The molecule has 9 heteroatoms.